The Labute approximate surface area is 214 Å². The lowest BCUT2D eigenvalue weighted by molar-refractivity contribution is -0.159. The molecule has 1 aromatic carbocycles. The van der Waals surface area contributed by atoms with E-state index in [-0.39, 0.29) is 18.9 Å². The zero-order valence-electron chi connectivity index (χ0n) is 21.5. The molecule has 10 nitrogen and oxygen atoms in total. The molecule has 2 rings (SSSR count). The number of halogens is 2. The summed E-state index contributed by atoms with van der Waals surface area (Å²) in [5.41, 5.74) is 4.97. The summed E-state index contributed by atoms with van der Waals surface area (Å²) < 4.78 is 33.1. The maximum Gasteiger partial charge on any atom is 0.383 e. The van der Waals surface area contributed by atoms with Crippen molar-refractivity contribution in [3.8, 4) is 5.75 Å². The van der Waals surface area contributed by atoms with Gasteiger partial charge >= 0.3 is 5.92 Å². The predicted octanol–water partition coefficient (Wildman–Crippen LogP) is 1.27. The highest BCUT2D eigenvalue weighted by atomic mass is 19.3. The minimum Gasteiger partial charge on any atom is -0.497 e. The van der Waals surface area contributed by atoms with E-state index in [1.165, 1.54) is 25.9 Å². The average Bonchev–Trinajstić information content (AvgIpc) is 3.34. The number of ketones is 1. The Hall–Kier alpha value is -3.57. The van der Waals surface area contributed by atoms with Crippen molar-refractivity contribution in [3.63, 3.8) is 0 Å². The molecule has 1 saturated heterocycles. The van der Waals surface area contributed by atoms with Gasteiger partial charge in [0.1, 0.15) is 17.8 Å². The maximum atomic E-state index is 14.0. The van der Waals surface area contributed by atoms with Crippen LogP contribution in [0.2, 0.25) is 0 Å². The van der Waals surface area contributed by atoms with Gasteiger partial charge in [0.15, 0.2) is 0 Å². The molecule has 12 heteroatoms. The number of nitrogens with one attached hydrogen (secondary N) is 2. The summed E-state index contributed by atoms with van der Waals surface area (Å²) in [6.45, 7) is 6.54. The van der Waals surface area contributed by atoms with Crippen LogP contribution in [0.3, 0.4) is 0 Å². The Morgan fingerprint density at radius 1 is 1.00 bits per heavy atom. The topological polar surface area (TPSA) is 148 Å². The predicted molar refractivity (Wildman–Crippen MR) is 130 cm³/mol. The molecule has 0 aromatic heterocycles. The molecule has 1 aliphatic heterocycles. The number of ether oxygens (including phenoxy) is 1. The van der Waals surface area contributed by atoms with Crippen molar-refractivity contribution in [2.75, 3.05) is 13.7 Å². The van der Waals surface area contributed by atoms with Crippen molar-refractivity contribution in [2.45, 2.75) is 64.6 Å². The number of carbonyl (C=O) groups excluding carboxylic acids is 5. The summed E-state index contributed by atoms with van der Waals surface area (Å²) in [5.74, 6) is -10.7. The lowest BCUT2D eigenvalue weighted by Gasteiger charge is -2.32. The molecule has 0 radical (unpaired) electrons. The van der Waals surface area contributed by atoms with E-state index in [4.69, 9.17) is 4.74 Å². The Bertz CT molecular complexity index is 1030. The van der Waals surface area contributed by atoms with Gasteiger partial charge in [0, 0.05) is 12.1 Å². The Balaban J connectivity index is 2.19. The second kappa shape index (κ2) is 12.1. The van der Waals surface area contributed by atoms with Gasteiger partial charge in [-0.25, -0.2) is 0 Å². The normalized spacial score (nSPS) is 17.3. The van der Waals surface area contributed by atoms with Gasteiger partial charge in [-0.05, 0) is 48.9 Å². The van der Waals surface area contributed by atoms with Gasteiger partial charge in [-0.2, -0.15) is 8.78 Å². The number of hydrogen-bond donors (Lipinski definition) is 3. The van der Waals surface area contributed by atoms with Gasteiger partial charge in [0.25, 0.3) is 11.8 Å². The first kappa shape index (κ1) is 29.7. The van der Waals surface area contributed by atoms with E-state index in [0.717, 1.165) is 0 Å². The number of carbonyl (C=O) groups is 5. The number of rotatable bonds is 11. The number of Topliss-reactive ketones (excluding diaryl/α,β-unsaturated/α-hetero) is 1. The fraction of sp³-hybridized carbons (Fsp3) is 0.560. The third-order valence-electron chi connectivity index (χ3n) is 6.28. The molecule has 0 saturated carbocycles. The summed E-state index contributed by atoms with van der Waals surface area (Å²) >= 11 is 0. The van der Waals surface area contributed by atoms with Crippen molar-refractivity contribution in [2.24, 2.45) is 17.6 Å². The van der Waals surface area contributed by atoms with Crippen molar-refractivity contribution < 1.29 is 37.5 Å². The molecule has 1 heterocycles. The van der Waals surface area contributed by atoms with E-state index < -0.39 is 59.4 Å². The van der Waals surface area contributed by atoms with E-state index in [1.54, 1.807) is 38.1 Å². The Morgan fingerprint density at radius 3 is 2.05 bits per heavy atom. The smallest absolute Gasteiger partial charge is 0.383 e. The van der Waals surface area contributed by atoms with Crippen LogP contribution in [-0.4, -0.2) is 72.0 Å². The molecule has 4 N–H and O–H groups in total. The van der Waals surface area contributed by atoms with Crippen LogP contribution >= 0.6 is 0 Å². The third kappa shape index (κ3) is 6.80. The van der Waals surface area contributed by atoms with Crippen LogP contribution in [0.25, 0.3) is 0 Å². The number of amides is 4. The Kier molecular flexibility index (Phi) is 9.71. The average molecular weight is 525 g/mol. The SMILES string of the molecule is COc1ccc(C(=O)N[C@H](C(=O)N2CCC[C@H]2C(=O)N[C@H](C(=O)C(F)(F)C(N)=O)C(C)C)C(C)C)cc1. The summed E-state index contributed by atoms with van der Waals surface area (Å²) in [5, 5.41) is 4.99. The van der Waals surface area contributed by atoms with Gasteiger partial charge in [-0.1, -0.05) is 27.7 Å². The van der Waals surface area contributed by atoms with Crippen LogP contribution in [0, 0.1) is 11.8 Å². The van der Waals surface area contributed by atoms with Crippen LogP contribution < -0.4 is 21.1 Å². The fourth-order valence-electron chi connectivity index (χ4n) is 4.06. The number of hydrogen-bond acceptors (Lipinski definition) is 6. The number of likely N-dealkylation sites (tertiary alicyclic amines) is 1. The molecule has 1 aromatic rings. The zero-order valence-corrected chi connectivity index (χ0v) is 21.5. The molecule has 1 fully saturated rings. The molecular formula is C25H34F2N4O6. The quantitative estimate of drug-likeness (QED) is 0.372. The molecule has 0 spiro atoms. The molecule has 37 heavy (non-hydrogen) atoms. The molecule has 0 unspecified atom stereocenters. The first-order chi connectivity index (χ1) is 17.2. The van der Waals surface area contributed by atoms with Crippen LogP contribution in [0.15, 0.2) is 24.3 Å². The second-order valence-corrected chi connectivity index (χ2v) is 9.65. The highest BCUT2D eigenvalue weighted by molar-refractivity contribution is 6.10. The first-order valence-electron chi connectivity index (χ1n) is 12.0. The summed E-state index contributed by atoms with van der Waals surface area (Å²) in [4.78, 5) is 63.9. The Morgan fingerprint density at radius 2 is 1.57 bits per heavy atom. The number of methoxy groups -OCH3 is 1. The van der Waals surface area contributed by atoms with E-state index >= 15 is 0 Å². The second-order valence-electron chi connectivity index (χ2n) is 9.65. The summed E-state index contributed by atoms with van der Waals surface area (Å²) in [6, 6.07) is 2.61. The molecule has 0 aliphatic carbocycles. The molecular weight excluding hydrogens is 490 g/mol. The first-order valence-corrected chi connectivity index (χ1v) is 12.0. The number of benzene rings is 1. The van der Waals surface area contributed by atoms with Crippen LogP contribution in [-0.2, 0) is 19.2 Å². The van der Waals surface area contributed by atoms with E-state index in [9.17, 15) is 32.8 Å². The minimum atomic E-state index is -4.46. The summed E-state index contributed by atoms with van der Waals surface area (Å²) in [7, 11) is 1.49. The fourth-order valence-corrected chi connectivity index (χ4v) is 4.06. The van der Waals surface area contributed by atoms with Gasteiger partial charge in [0.05, 0.1) is 13.2 Å². The molecule has 4 amide bonds. The summed E-state index contributed by atoms with van der Waals surface area (Å²) in [6.07, 6.45) is 0.693. The largest absolute Gasteiger partial charge is 0.497 e. The van der Waals surface area contributed by atoms with Gasteiger partial charge < -0.3 is 26.0 Å². The zero-order chi connectivity index (χ0) is 28.1. The van der Waals surface area contributed by atoms with Crippen molar-refractivity contribution in [1.29, 1.82) is 0 Å². The molecule has 3 atom stereocenters. The number of primary amides is 1. The molecule has 204 valence electrons. The minimum absolute atomic E-state index is 0.205. The monoisotopic (exact) mass is 524 g/mol. The lowest BCUT2D eigenvalue weighted by atomic mass is 9.95. The highest BCUT2D eigenvalue weighted by Crippen LogP contribution is 2.23. The van der Waals surface area contributed by atoms with Gasteiger partial charge in [-0.3, -0.25) is 24.0 Å². The number of nitrogens with two attached hydrogens (primary N) is 1. The number of nitrogens with zero attached hydrogens (tertiary/aromatic N) is 1. The number of alkyl halides is 2. The van der Waals surface area contributed by atoms with Gasteiger partial charge in [-0.15, -0.1) is 0 Å². The van der Waals surface area contributed by atoms with Crippen molar-refractivity contribution in [3.05, 3.63) is 29.8 Å². The van der Waals surface area contributed by atoms with E-state index in [2.05, 4.69) is 16.4 Å². The van der Waals surface area contributed by atoms with Crippen molar-refractivity contribution in [1.82, 2.24) is 15.5 Å². The molecule has 0 bridgehead atoms. The third-order valence-corrected chi connectivity index (χ3v) is 6.28. The van der Waals surface area contributed by atoms with Crippen LogP contribution in [0.4, 0.5) is 8.78 Å². The van der Waals surface area contributed by atoms with Gasteiger partial charge in [0.2, 0.25) is 17.6 Å². The van der Waals surface area contributed by atoms with Crippen molar-refractivity contribution >= 4 is 29.4 Å². The molecule has 1 aliphatic rings. The standard InChI is InChI=1S/C25H34F2N4O6/c1-13(2)18(20(32)25(26,27)24(28)36)29-22(34)17-7-6-12-31(17)23(35)19(14(3)4)30-21(33)15-8-10-16(37-5)11-9-15/h8-11,13-14,17-19H,6-7,12H2,1-5H3,(H2,28,36)(H,29,34)(H,30,33)/t17-,18-,19-/m0/s1. The maximum absolute atomic E-state index is 14.0. The lowest BCUT2D eigenvalue weighted by Crippen LogP contribution is -2.59. The van der Waals surface area contributed by atoms with Crippen LogP contribution in [0.5, 0.6) is 5.75 Å². The van der Waals surface area contributed by atoms with Crippen LogP contribution in [0.1, 0.15) is 50.9 Å². The highest BCUT2D eigenvalue weighted by Gasteiger charge is 2.50. The van der Waals surface area contributed by atoms with E-state index in [0.29, 0.717) is 17.7 Å². The van der Waals surface area contributed by atoms with E-state index in [1.807, 2.05) is 0 Å².